The fourth-order valence-electron chi connectivity index (χ4n) is 17.6. The van der Waals surface area contributed by atoms with Crippen molar-refractivity contribution in [1.29, 1.82) is 0 Å². The maximum atomic E-state index is 5.49. The van der Waals surface area contributed by atoms with Gasteiger partial charge in [0.1, 0.15) is 0 Å². The molecule has 0 N–H and O–H groups in total. The Labute approximate surface area is 561 Å². The quantitative estimate of drug-likeness (QED) is 0.160. The molecule has 97 heavy (non-hydrogen) atoms. The largest absolute Gasteiger partial charge is 0.309 e. The molecular formula is C92H61N5. The molecule has 0 unspecified atom stereocenters. The normalized spacial score (nSPS) is 13.7. The molecule has 4 heterocycles. The molecule has 0 amide bonds. The summed E-state index contributed by atoms with van der Waals surface area (Å²) in [5, 5.41) is 9.66. The summed E-state index contributed by atoms with van der Waals surface area (Å²) in [4.78, 5) is 10.9. The molecule has 0 radical (unpaired) electrons. The Bertz CT molecular complexity index is 6210. The highest BCUT2D eigenvalue weighted by molar-refractivity contribution is 6.21. The molecule has 454 valence electrons. The van der Waals surface area contributed by atoms with E-state index in [1.165, 1.54) is 116 Å². The van der Waals surface area contributed by atoms with E-state index < -0.39 is 0 Å². The Morgan fingerprint density at radius 1 is 0.247 bits per heavy atom. The number of fused-ring (bicyclic) bond motifs is 18. The molecule has 0 spiro atoms. The predicted octanol–water partition coefficient (Wildman–Crippen LogP) is 23.8. The van der Waals surface area contributed by atoms with E-state index in [2.05, 4.69) is 339 Å². The molecule has 18 aromatic rings. The van der Waals surface area contributed by atoms with Crippen molar-refractivity contribution in [3.05, 3.63) is 320 Å². The van der Waals surface area contributed by atoms with Gasteiger partial charge in [0, 0.05) is 87.5 Å². The number of rotatable bonds is 7. The first kappa shape index (κ1) is 54.2. The van der Waals surface area contributed by atoms with Crippen LogP contribution in [0.2, 0.25) is 0 Å². The minimum Gasteiger partial charge on any atom is -0.309 e. The molecule has 3 aliphatic rings. The lowest BCUT2D eigenvalue weighted by Crippen LogP contribution is -2.15. The van der Waals surface area contributed by atoms with E-state index in [0.29, 0.717) is 5.82 Å². The fourth-order valence-corrected chi connectivity index (χ4v) is 17.6. The smallest absolute Gasteiger partial charge is 0.160 e. The van der Waals surface area contributed by atoms with E-state index >= 15 is 0 Å². The van der Waals surface area contributed by atoms with Crippen molar-refractivity contribution >= 4 is 76.2 Å². The standard InChI is InChI=1S/C92H61N5/c1-91(2)75-30-15-11-24-62(75)64-44-38-60(52-77(64)91)95-79-32-17-13-26-66(79)68-40-34-56(48-82(68)95)58-36-42-70-71-43-37-59(57-35-41-69-67-27-14-18-33-80(67)96(83(69)49-57)61-39-45-65-63-25-12-16-31-76(63)92(3,4)78(65)53-61)51-85(71)97(84(70)50-58)81-47-46-73-86-72(81)28-19-29-74(86)89-87(73)88(54-20-7-5-8-21-54)93-90(94-89)55-22-9-6-10-23-55/h5-53H,1-4H3. The van der Waals surface area contributed by atoms with Crippen LogP contribution >= 0.6 is 0 Å². The van der Waals surface area contributed by atoms with Crippen LogP contribution in [0.5, 0.6) is 0 Å². The number of para-hydroxylation sites is 2. The second-order valence-corrected chi connectivity index (χ2v) is 28.0. The number of hydrogen-bond acceptors (Lipinski definition) is 2. The van der Waals surface area contributed by atoms with E-state index in [0.717, 1.165) is 83.6 Å². The van der Waals surface area contributed by atoms with Gasteiger partial charge in [-0.1, -0.05) is 258 Å². The van der Waals surface area contributed by atoms with Crippen LogP contribution in [0.25, 0.3) is 183 Å². The maximum Gasteiger partial charge on any atom is 0.160 e. The van der Waals surface area contributed by atoms with Crippen molar-refractivity contribution in [3.63, 3.8) is 0 Å². The third kappa shape index (κ3) is 7.54. The second-order valence-electron chi connectivity index (χ2n) is 28.0. The lowest BCUT2D eigenvalue weighted by Gasteiger charge is -2.22. The van der Waals surface area contributed by atoms with Crippen LogP contribution in [-0.4, -0.2) is 23.7 Å². The van der Waals surface area contributed by atoms with Gasteiger partial charge in [0.25, 0.3) is 0 Å². The molecule has 0 saturated heterocycles. The summed E-state index contributed by atoms with van der Waals surface area (Å²) in [6, 6.07) is 111. The molecule has 0 aliphatic heterocycles. The second kappa shape index (κ2) is 19.7. The van der Waals surface area contributed by atoms with Crippen molar-refractivity contribution in [1.82, 2.24) is 23.7 Å². The van der Waals surface area contributed by atoms with Crippen LogP contribution in [0.1, 0.15) is 49.9 Å². The number of nitrogens with zero attached hydrogens (tertiary/aromatic N) is 5. The summed E-state index contributed by atoms with van der Waals surface area (Å²) >= 11 is 0. The van der Waals surface area contributed by atoms with E-state index in [1.807, 2.05) is 0 Å². The summed E-state index contributed by atoms with van der Waals surface area (Å²) in [5.74, 6) is 0.715. The molecule has 14 aromatic carbocycles. The Kier molecular flexibility index (Phi) is 11.0. The lowest BCUT2D eigenvalue weighted by molar-refractivity contribution is 0.660. The maximum absolute atomic E-state index is 5.49. The number of hydrogen-bond donors (Lipinski definition) is 0. The van der Waals surface area contributed by atoms with Gasteiger partial charge >= 0.3 is 0 Å². The zero-order valence-corrected chi connectivity index (χ0v) is 54.0. The minimum absolute atomic E-state index is 0.135. The van der Waals surface area contributed by atoms with Gasteiger partial charge in [0.05, 0.1) is 50.2 Å². The molecule has 4 aromatic heterocycles. The third-order valence-corrected chi connectivity index (χ3v) is 22.2. The topological polar surface area (TPSA) is 40.6 Å². The van der Waals surface area contributed by atoms with Gasteiger partial charge < -0.3 is 13.7 Å². The SMILES string of the molecule is CC1(C)c2ccccc2-c2ccc(-n3c4ccccc4c4ccc(-c5ccc6c7ccc(-c8ccc9c%10ccccc%10n(-c%10ccc%11c(c%10)C(C)(C)c%10ccccc%10-%11)c9c8)cc7n(-c7ccc8c9c(cccc79)-c7nc(-c9ccccc9)nc(-c9ccccc9)c7-8)c6c5)cc43)cc21. The molecule has 21 rings (SSSR count). The van der Waals surface area contributed by atoms with E-state index in [9.17, 15) is 0 Å². The first-order valence-corrected chi connectivity index (χ1v) is 33.9. The lowest BCUT2D eigenvalue weighted by atomic mass is 9.82. The molecule has 0 fully saturated rings. The van der Waals surface area contributed by atoms with Gasteiger partial charge in [-0.2, -0.15) is 0 Å². The minimum atomic E-state index is -0.135. The fraction of sp³-hybridized carbons (Fsp3) is 0.0652. The van der Waals surface area contributed by atoms with Crippen molar-refractivity contribution in [2.45, 2.75) is 38.5 Å². The Hall–Kier alpha value is -12.2. The highest BCUT2D eigenvalue weighted by Gasteiger charge is 2.38. The summed E-state index contributed by atoms with van der Waals surface area (Å²) in [6.07, 6.45) is 0. The van der Waals surface area contributed by atoms with Crippen LogP contribution in [0, 0.1) is 0 Å². The van der Waals surface area contributed by atoms with Gasteiger partial charge in [0.2, 0.25) is 0 Å². The van der Waals surface area contributed by atoms with Gasteiger partial charge in [-0.25, -0.2) is 9.97 Å². The van der Waals surface area contributed by atoms with Gasteiger partial charge in [-0.05, 0) is 139 Å². The first-order valence-electron chi connectivity index (χ1n) is 33.9. The number of benzene rings is 14. The first-order chi connectivity index (χ1) is 47.6. The van der Waals surface area contributed by atoms with E-state index in [1.54, 1.807) is 0 Å². The highest BCUT2D eigenvalue weighted by Crippen LogP contribution is 2.55. The van der Waals surface area contributed by atoms with E-state index in [4.69, 9.17) is 9.97 Å². The van der Waals surface area contributed by atoms with Crippen LogP contribution in [0.4, 0.5) is 0 Å². The molecule has 0 saturated carbocycles. The monoisotopic (exact) mass is 1240 g/mol. The molecule has 3 aliphatic carbocycles. The molecule has 5 nitrogen and oxygen atoms in total. The van der Waals surface area contributed by atoms with Crippen LogP contribution < -0.4 is 0 Å². The van der Waals surface area contributed by atoms with Gasteiger partial charge in [-0.3, -0.25) is 0 Å². The summed E-state index contributed by atoms with van der Waals surface area (Å²) < 4.78 is 7.55. The zero-order valence-electron chi connectivity index (χ0n) is 54.0. The summed E-state index contributed by atoms with van der Waals surface area (Å²) in [5.41, 5.74) is 32.8. The van der Waals surface area contributed by atoms with Gasteiger partial charge in [-0.15, -0.1) is 0 Å². The van der Waals surface area contributed by atoms with Crippen LogP contribution in [-0.2, 0) is 10.8 Å². The van der Waals surface area contributed by atoms with E-state index in [-0.39, 0.29) is 10.8 Å². The Morgan fingerprint density at radius 2 is 0.639 bits per heavy atom. The third-order valence-electron chi connectivity index (χ3n) is 22.2. The summed E-state index contributed by atoms with van der Waals surface area (Å²) in [7, 11) is 0. The summed E-state index contributed by atoms with van der Waals surface area (Å²) in [6.45, 7) is 9.49. The van der Waals surface area contributed by atoms with Crippen LogP contribution in [0.15, 0.2) is 297 Å². The van der Waals surface area contributed by atoms with Crippen molar-refractivity contribution in [3.8, 4) is 107 Å². The molecule has 5 heteroatoms. The van der Waals surface area contributed by atoms with Gasteiger partial charge in [0.15, 0.2) is 5.82 Å². The molecule has 0 bridgehead atoms. The average Bonchev–Trinajstić information content (AvgIpc) is 1.56. The zero-order chi connectivity index (χ0) is 64.2. The van der Waals surface area contributed by atoms with Crippen molar-refractivity contribution < 1.29 is 0 Å². The Morgan fingerprint density at radius 3 is 1.15 bits per heavy atom. The molecule has 0 atom stereocenters. The Balaban J connectivity index is 0.779. The average molecular weight is 1240 g/mol. The molecular weight excluding hydrogens is 1180 g/mol. The predicted molar refractivity (Wildman–Crippen MR) is 404 cm³/mol. The van der Waals surface area contributed by atoms with Crippen molar-refractivity contribution in [2.24, 2.45) is 0 Å². The highest BCUT2D eigenvalue weighted by atomic mass is 15.0. The van der Waals surface area contributed by atoms with Crippen molar-refractivity contribution in [2.75, 3.05) is 0 Å². The van der Waals surface area contributed by atoms with Crippen LogP contribution in [0.3, 0.4) is 0 Å². The number of aromatic nitrogens is 5.